The van der Waals surface area contributed by atoms with Crippen LogP contribution in [0.5, 0.6) is 0 Å². The molecule has 1 aliphatic rings. The van der Waals surface area contributed by atoms with Crippen LogP contribution >= 0.6 is 0 Å². The molecule has 2 N–H and O–H groups in total. The number of aliphatic hydroxyl groups is 1. The molecular weight excluding hydrogens is 219 g/mol. The van der Waals surface area contributed by atoms with Crippen LogP contribution in [0.25, 0.3) is 0 Å². The molecule has 1 atom stereocenters. The third-order valence-electron chi connectivity index (χ3n) is 2.14. The zero-order valence-electron chi connectivity index (χ0n) is 7.36. The van der Waals surface area contributed by atoms with Crippen molar-refractivity contribution in [1.29, 1.82) is 0 Å². The van der Waals surface area contributed by atoms with Crippen LogP contribution in [0.2, 0.25) is 0 Å². The van der Waals surface area contributed by atoms with Crippen LogP contribution in [0.1, 0.15) is 0 Å². The summed E-state index contributed by atoms with van der Waals surface area (Å²) < 4.78 is 35.5. The number of likely N-dealkylation sites (tertiary alicyclic amines) is 1. The summed E-state index contributed by atoms with van der Waals surface area (Å²) in [5.74, 6) is -4.33. The van der Waals surface area contributed by atoms with Gasteiger partial charge in [0.1, 0.15) is 0 Å². The molecule has 15 heavy (non-hydrogen) atoms. The van der Waals surface area contributed by atoms with E-state index in [9.17, 15) is 22.8 Å². The summed E-state index contributed by atoms with van der Waals surface area (Å²) in [6.07, 6.45) is -6.67. The van der Waals surface area contributed by atoms with Crippen LogP contribution in [0.15, 0.2) is 0 Å². The molecule has 0 radical (unpaired) electrons. The lowest BCUT2D eigenvalue weighted by Crippen LogP contribution is -2.58. The van der Waals surface area contributed by atoms with E-state index in [-0.39, 0.29) is 13.1 Å². The van der Waals surface area contributed by atoms with Crippen LogP contribution < -0.4 is 0 Å². The first kappa shape index (κ1) is 11.8. The first-order valence-corrected chi connectivity index (χ1v) is 4.00. The first-order chi connectivity index (χ1) is 6.73. The van der Waals surface area contributed by atoms with E-state index in [0.717, 1.165) is 0 Å². The van der Waals surface area contributed by atoms with Gasteiger partial charge in [-0.1, -0.05) is 0 Å². The van der Waals surface area contributed by atoms with E-state index in [1.807, 2.05) is 0 Å². The van der Waals surface area contributed by atoms with Crippen molar-refractivity contribution in [2.24, 2.45) is 5.92 Å². The van der Waals surface area contributed by atoms with Crippen LogP contribution in [0.4, 0.5) is 13.2 Å². The largest absolute Gasteiger partial charge is 0.479 e. The number of carbonyl (C=O) groups is 2. The average molecular weight is 227 g/mol. The predicted molar refractivity (Wildman–Crippen MR) is 39.8 cm³/mol. The zero-order valence-corrected chi connectivity index (χ0v) is 7.36. The highest BCUT2D eigenvalue weighted by Gasteiger charge is 2.48. The van der Waals surface area contributed by atoms with Crippen LogP contribution in [-0.2, 0) is 9.59 Å². The summed E-state index contributed by atoms with van der Waals surface area (Å²) >= 11 is 0. The Morgan fingerprint density at radius 3 is 2.13 bits per heavy atom. The number of aliphatic carboxylic acids is 1. The Morgan fingerprint density at radius 2 is 1.80 bits per heavy atom. The second-order valence-corrected chi connectivity index (χ2v) is 3.25. The van der Waals surface area contributed by atoms with Gasteiger partial charge in [0, 0.05) is 19.0 Å². The molecule has 0 aromatic carbocycles. The Kier molecular flexibility index (Phi) is 2.89. The van der Waals surface area contributed by atoms with E-state index in [2.05, 4.69) is 0 Å². The Labute approximate surface area is 82.1 Å². The number of hydrogen-bond acceptors (Lipinski definition) is 3. The predicted octanol–water partition coefficient (Wildman–Crippen LogP) is -0.547. The van der Waals surface area contributed by atoms with Crippen LogP contribution in [0.3, 0.4) is 0 Å². The minimum Gasteiger partial charge on any atom is -0.479 e. The molecule has 1 fully saturated rings. The number of carbonyl (C=O) groups excluding carboxylic acids is 1. The normalized spacial score (nSPS) is 19.6. The van der Waals surface area contributed by atoms with Gasteiger partial charge in [-0.25, -0.2) is 4.79 Å². The van der Waals surface area contributed by atoms with Gasteiger partial charge in [0.15, 0.2) is 6.10 Å². The summed E-state index contributed by atoms with van der Waals surface area (Å²) in [4.78, 5) is 21.2. The number of amides is 1. The Morgan fingerprint density at radius 1 is 1.33 bits per heavy atom. The summed E-state index contributed by atoms with van der Waals surface area (Å²) in [5.41, 5.74) is 0. The Bertz CT molecular complexity index is 284. The maximum absolute atomic E-state index is 11.8. The molecule has 1 amide bonds. The molecule has 86 valence electrons. The summed E-state index contributed by atoms with van der Waals surface area (Å²) in [6, 6.07) is 0. The summed E-state index contributed by atoms with van der Waals surface area (Å²) in [6.45, 7) is -0.766. The van der Waals surface area contributed by atoms with Gasteiger partial charge in [-0.05, 0) is 0 Å². The first-order valence-electron chi connectivity index (χ1n) is 4.00. The van der Waals surface area contributed by atoms with E-state index in [1.54, 1.807) is 0 Å². The number of rotatable bonds is 2. The van der Waals surface area contributed by atoms with Gasteiger partial charge in [0.05, 0.1) is 0 Å². The lowest BCUT2D eigenvalue weighted by atomic mass is 9.93. The van der Waals surface area contributed by atoms with E-state index in [4.69, 9.17) is 10.2 Å². The second kappa shape index (κ2) is 3.69. The second-order valence-electron chi connectivity index (χ2n) is 3.25. The van der Waals surface area contributed by atoms with E-state index in [1.165, 1.54) is 0 Å². The number of aliphatic hydroxyl groups excluding tert-OH is 1. The molecule has 1 rings (SSSR count). The standard InChI is InChI=1S/C7H8F3NO4/c8-7(9,10)6(15)11-1-3(2-11)4(12)5(13)14/h3-4,12H,1-2H2,(H,13,14). The Balaban J connectivity index is 2.45. The molecule has 1 unspecified atom stereocenters. The zero-order chi connectivity index (χ0) is 11.8. The molecule has 0 aliphatic carbocycles. The van der Waals surface area contributed by atoms with E-state index < -0.39 is 30.1 Å². The number of alkyl halides is 3. The highest BCUT2D eigenvalue weighted by atomic mass is 19.4. The SMILES string of the molecule is O=C(O)C(O)C1CN(C(=O)C(F)(F)F)C1. The van der Waals surface area contributed by atoms with Crippen molar-refractivity contribution in [3.63, 3.8) is 0 Å². The monoisotopic (exact) mass is 227 g/mol. The molecule has 8 heteroatoms. The maximum atomic E-state index is 11.8. The third-order valence-corrected chi connectivity index (χ3v) is 2.14. The number of carboxylic acids is 1. The van der Waals surface area contributed by atoms with Gasteiger partial charge in [0.2, 0.25) is 0 Å². The summed E-state index contributed by atoms with van der Waals surface area (Å²) in [5, 5.41) is 17.3. The van der Waals surface area contributed by atoms with Crippen molar-refractivity contribution in [3.05, 3.63) is 0 Å². The fourth-order valence-electron chi connectivity index (χ4n) is 1.26. The minimum atomic E-state index is -4.95. The average Bonchev–Trinajstić information content (AvgIpc) is 1.98. The van der Waals surface area contributed by atoms with Crippen LogP contribution in [0, 0.1) is 5.92 Å². The highest BCUT2D eigenvalue weighted by molar-refractivity contribution is 5.83. The number of nitrogens with zero attached hydrogens (tertiary/aromatic N) is 1. The quantitative estimate of drug-likeness (QED) is 0.663. The molecule has 1 saturated heterocycles. The lowest BCUT2D eigenvalue weighted by molar-refractivity contribution is -0.195. The minimum absolute atomic E-state index is 0.383. The molecule has 5 nitrogen and oxygen atoms in total. The van der Waals surface area contributed by atoms with Crippen LogP contribution in [-0.4, -0.2) is 52.4 Å². The number of hydrogen-bond donors (Lipinski definition) is 2. The van der Waals surface area contributed by atoms with E-state index in [0.29, 0.717) is 4.90 Å². The molecule has 0 aromatic heterocycles. The topological polar surface area (TPSA) is 77.8 Å². The van der Waals surface area contributed by atoms with Crippen molar-refractivity contribution in [2.45, 2.75) is 12.3 Å². The van der Waals surface area contributed by atoms with Gasteiger partial charge in [-0.2, -0.15) is 13.2 Å². The number of carboxylic acid groups (broad SMARTS) is 1. The third kappa shape index (κ3) is 2.38. The smallest absolute Gasteiger partial charge is 0.471 e. The lowest BCUT2D eigenvalue weighted by Gasteiger charge is -2.40. The molecule has 1 aliphatic heterocycles. The number of halogens is 3. The Hall–Kier alpha value is -1.31. The van der Waals surface area contributed by atoms with Crippen molar-refractivity contribution >= 4 is 11.9 Å². The summed E-state index contributed by atoms with van der Waals surface area (Å²) in [7, 11) is 0. The van der Waals surface area contributed by atoms with Gasteiger partial charge in [-0.15, -0.1) is 0 Å². The molecule has 0 spiro atoms. The van der Waals surface area contributed by atoms with Gasteiger partial charge in [0.25, 0.3) is 0 Å². The maximum Gasteiger partial charge on any atom is 0.471 e. The van der Waals surface area contributed by atoms with E-state index >= 15 is 0 Å². The van der Waals surface area contributed by atoms with Crippen molar-refractivity contribution in [3.8, 4) is 0 Å². The van der Waals surface area contributed by atoms with Gasteiger partial charge in [-0.3, -0.25) is 4.79 Å². The van der Waals surface area contributed by atoms with Gasteiger partial charge >= 0.3 is 18.1 Å². The fourth-order valence-corrected chi connectivity index (χ4v) is 1.26. The molecule has 0 saturated carbocycles. The molecular formula is C7H8F3NO4. The van der Waals surface area contributed by atoms with Gasteiger partial charge < -0.3 is 15.1 Å². The van der Waals surface area contributed by atoms with Crippen molar-refractivity contribution in [2.75, 3.05) is 13.1 Å². The molecule has 0 aromatic rings. The molecule has 1 heterocycles. The fraction of sp³-hybridized carbons (Fsp3) is 0.714. The highest BCUT2D eigenvalue weighted by Crippen LogP contribution is 2.26. The van der Waals surface area contributed by atoms with Crippen molar-refractivity contribution < 1.29 is 33.0 Å². The van der Waals surface area contributed by atoms with Crippen molar-refractivity contribution in [1.82, 2.24) is 4.90 Å². The molecule has 0 bridgehead atoms.